The summed E-state index contributed by atoms with van der Waals surface area (Å²) in [4.78, 5) is 19.7. The van der Waals surface area contributed by atoms with Crippen LogP contribution in [0.3, 0.4) is 0 Å². The molecule has 0 saturated carbocycles. The van der Waals surface area contributed by atoms with Gasteiger partial charge >= 0.3 is 0 Å². The van der Waals surface area contributed by atoms with Crippen LogP contribution in [0.1, 0.15) is 23.7 Å². The fourth-order valence-corrected chi connectivity index (χ4v) is 4.73. The number of anilines is 1. The summed E-state index contributed by atoms with van der Waals surface area (Å²) >= 11 is 0. The molecule has 1 aliphatic rings. The van der Waals surface area contributed by atoms with Crippen LogP contribution in [0.2, 0.25) is 0 Å². The van der Waals surface area contributed by atoms with Gasteiger partial charge in [0.1, 0.15) is 30.0 Å². The van der Waals surface area contributed by atoms with Gasteiger partial charge < -0.3 is 24.0 Å². The Kier molecular flexibility index (Phi) is 6.42. The molecule has 0 unspecified atom stereocenters. The highest BCUT2D eigenvalue weighted by Gasteiger charge is 2.36. The Bertz CT molecular complexity index is 1350. The van der Waals surface area contributed by atoms with E-state index in [1.807, 2.05) is 84.3 Å². The van der Waals surface area contributed by atoms with Crippen molar-refractivity contribution in [1.29, 1.82) is 0 Å². The van der Waals surface area contributed by atoms with E-state index in [2.05, 4.69) is 0 Å². The average molecular weight is 472 g/mol. The Labute approximate surface area is 204 Å². The lowest BCUT2D eigenvalue weighted by Gasteiger charge is -2.20. The fourth-order valence-electron chi connectivity index (χ4n) is 4.73. The van der Waals surface area contributed by atoms with Crippen molar-refractivity contribution in [3.8, 4) is 11.5 Å². The smallest absolute Gasteiger partial charge is 0.227 e. The second-order valence-corrected chi connectivity index (χ2v) is 8.88. The summed E-state index contributed by atoms with van der Waals surface area (Å²) in [5.74, 6) is 2.15. The summed E-state index contributed by atoms with van der Waals surface area (Å²) in [6.45, 7) is 2.96. The third-order valence-electron chi connectivity index (χ3n) is 6.47. The van der Waals surface area contributed by atoms with Crippen molar-refractivity contribution in [2.45, 2.75) is 31.9 Å². The maximum Gasteiger partial charge on any atom is 0.227 e. The number of fused-ring (bicyclic) bond motifs is 1. The molecule has 7 heteroatoms. The van der Waals surface area contributed by atoms with E-state index in [0.29, 0.717) is 25.3 Å². The molecule has 0 spiro atoms. The molecule has 1 fully saturated rings. The van der Waals surface area contributed by atoms with Crippen molar-refractivity contribution in [2.24, 2.45) is 0 Å². The van der Waals surface area contributed by atoms with E-state index < -0.39 is 6.10 Å². The number of aliphatic hydroxyl groups is 1. The van der Waals surface area contributed by atoms with E-state index in [0.717, 1.165) is 33.9 Å². The summed E-state index contributed by atoms with van der Waals surface area (Å²) in [5.41, 5.74) is 3.56. The average Bonchev–Trinajstić information content (AvgIpc) is 3.44. The number of carbonyl (C=O) groups is 1. The minimum absolute atomic E-state index is 0.0292. The van der Waals surface area contributed by atoms with E-state index in [1.165, 1.54) is 0 Å². The van der Waals surface area contributed by atoms with Crippen molar-refractivity contribution in [2.75, 3.05) is 25.2 Å². The molecule has 180 valence electrons. The van der Waals surface area contributed by atoms with Crippen LogP contribution in [0.15, 0.2) is 72.8 Å². The molecule has 4 aromatic rings. The number of rotatable bonds is 8. The van der Waals surface area contributed by atoms with E-state index in [-0.39, 0.29) is 18.4 Å². The zero-order valence-electron chi connectivity index (χ0n) is 19.9. The second-order valence-electron chi connectivity index (χ2n) is 8.88. The highest BCUT2D eigenvalue weighted by Crippen LogP contribution is 2.37. The first kappa shape index (κ1) is 22.9. The van der Waals surface area contributed by atoms with E-state index in [4.69, 9.17) is 14.5 Å². The van der Waals surface area contributed by atoms with Gasteiger partial charge in [-0.1, -0.05) is 42.5 Å². The van der Waals surface area contributed by atoms with Crippen molar-refractivity contribution in [3.05, 3.63) is 84.2 Å². The van der Waals surface area contributed by atoms with Crippen molar-refractivity contribution in [3.63, 3.8) is 0 Å². The highest BCUT2D eigenvalue weighted by molar-refractivity contribution is 5.97. The second kappa shape index (κ2) is 9.80. The Morgan fingerprint density at radius 3 is 2.54 bits per heavy atom. The third-order valence-corrected chi connectivity index (χ3v) is 6.47. The van der Waals surface area contributed by atoms with Crippen LogP contribution in [-0.4, -0.2) is 46.9 Å². The number of aromatic nitrogens is 2. The molecule has 0 bridgehead atoms. The largest absolute Gasteiger partial charge is 0.495 e. The molecule has 35 heavy (non-hydrogen) atoms. The van der Waals surface area contributed by atoms with Gasteiger partial charge in [-0.3, -0.25) is 4.79 Å². The van der Waals surface area contributed by atoms with Gasteiger partial charge in [0.15, 0.2) is 0 Å². The first-order valence-electron chi connectivity index (χ1n) is 11.8. The number of hydrogen-bond acceptors (Lipinski definition) is 5. The molecule has 7 nitrogen and oxygen atoms in total. The number of nitrogens with zero attached hydrogens (tertiary/aromatic N) is 3. The summed E-state index contributed by atoms with van der Waals surface area (Å²) in [5, 5.41) is 10.9. The zero-order valence-corrected chi connectivity index (χ0v) is 19.9. The van der Waals surface area contributed by atoms with Crippen molar-refractivity contribution >= 4 is 22.6 Å². The number of benzene rings is 3. The Balaban J connectivity index is 1.40. The molecule has 5 rings (SSSR count). The first-order valence-corrected chi connectivity index (χ1v) is 11.8. The lowest BCUT2D eigenvalue weighted by atomic mass is 10.1. The van der Waals surface area contributed by atoms with Gasteiger partial charge in [-0.05, 0) is 42.8 Å². The Hall–Kier alpha value is -3.84. The molecule has 1 aliphatic heterocycles. The fraction of sp³-hybridized carbons (Fsp3) is 0.286. The normalized spacial score (nSPS) is 16.6. The molecule has 1 amide bonds. The van der Waals surface area contributed by atoms with E-state index in [9.17, 15) is 9.90 Å². The van der Waals surface area contributed by atoms with E-state index >= 15 is 0 Å². The summed E-state index contributed by atoms with van der Waals surface area (Å²) in [7, 11) is 1.61. The molecule has 3 aromatic carbocycles. The molecule has 0 radical (unpaired) electrons. The molecule has 1 saturated heterocycles. The molecule has 0 aliphatic carbocycles. The number of methoxy groups -OCH3 is 1. The minimum Gasteiger partial charge on any atom is -0.495 e. The highest BCUT2D eigenvalue weighted by atomic mass is 16.5. The van der Waals surface area contributed by atoms with Gasteiger partial charge in [-0.15, -0.1) is 0 Å². The number of imidazole rings is 1. The zero-order chi connectivity index (χ0) is 24.4. The lowest BCUT2D eigenvalue weighted by molar-refractivity contribution is -0.117. The predicted molar refractivity (Wildman–Crippen MR) is 135 cm³/mol. The Morgan fingerprint density at radius 2 is 1.74 bits per heavy atom. The van der Waals surface area contributed by atoms with Gasteiger partial charge in [0.25, 0.3) is 0 Å². The molecule has 2 heterocycles. The maximum atomic E-state index is 13.0. The van der Waals surface area contributed by atoms with Crippen LogP contribution < -0.4 is 14.4 Å². The third kappa shape index (κ3) is 4.59. The summed E-state index contributed by atoms with van der Waals surface area (Å²) in [6.07, 6.45) is -0.398. The SMILES string of the molecule is COc1ccccc1N1C[C@H](c2nc3ccccc3n2C[C@H](O)COc2ccccc2C)CC1=O. The van der Waals surface area contributed by atoms with Crippen molar-refractivity contribution in [1.82, 2.24) is 9.55 Å². The van der Waals surface area contributed by atoms with Crippen LogP contribution in [0.4, 0.5) is 5.69 Å². The van der Waals surface area contributed by atoms with Crippen molar-refractivity contribution < 1.29 is 19.4 Å². The predicted octanol–water partition coefficient (Wildman–Crippen LogP) is 4.31. The lowest BCUT2D eigenvalue weighted by Crippen LogP contribution is -2.27. The van der Waals surface area contributed by atoms with Crippen LogP contribution in [-0.2, 0) is 11.3 Å². The standard InChI is InChI=1S/C28H29N3O4/c1-19-9-3-7-13-25(19)35-18-21(32)17-31-23-11-5-4-10-22(23)29-28(31)20-15-27(33)30(16-20)24-12-6-8-14-26(24)34-2/h3-14,20-21,32H,15-18H2,1-2H3/t20-,21+/m1/s1. The van der Waals surface area contributed by atoms with Crippen LogP contribution in [0, 0.1) is 6.92 Å². The number of ether oxygens (including phenoxy) is 2. The molecule has 2 atom stereocenters. The van der Waals surface area contributed by atoms with Crippen LogP contribution in [0.25, 0.3) is 11.0 Å². The minimum atomic E-state index is -0.742. The quantitative estimate of drug-likeness (QED) is 0.414. The van der Waals surface area contributed by atoms with E-state index in [1.54, 1.807) is 12.0 Å². The van der Waals surface area contributed by atoms with Gasteiger partial charge in [-0.2, -0.15) is 0 Å². The molecule has 1 N–H and O–H groups in total. The van der Waals surface area contributed by atoms with Crippen LogP contribution >= 0.6 is 0 Å². The number of aryl methyl sites for hydroxylation is 1. The Morgan fingerprint density at radius 1 is 1.03 bits per heavy atom. The van der Waals surface area contributed by atoms with Gasteiger partial charge in [0.2, 0.25) is 5.91 Å². The number of aliphatic hydroxyl groups excluding tert-OH is 1. The number of carbonyl (C=O) groups excluding carboxylic acids is 1. The van der Waals surface area contributed by atoms with Crippen LogP contribution in [0.5, 0.6) is 11.5 Å². The molecular formula is C28H29N3O4. The monoisotopic (exact) mass is 471 g/mol. The number of hydrogen-bond donors (Lipinski definition) is 1. The molecular weight excluding hydrogens is 442 g/mol. The van der Waals surface area contributed by atoms with Gasteiger partial charge in [0, 0.05) is 18.9 Å². The summed E-state index contributed by atoms with van der Waals surface area (Å²) in [6, 6.07) is 23.2. The topological polar surface area (TPSA) is 76.8 Å². The number of para-hydroxylation sites is 5. The van der Waals surface area contributed by atoms with Gasteiger partial charge in [0.05, 0.1) is 30.4 Å². The summed E-state index contributed by atoms with van der Waals surface area (Å²) < 4.78 is 13.4. The molecule has 1 aromatic heterocycles. The van der Waals surface area contributed by atoms with Gasteiger partial charge in [-0.25, -0.2) is 4.98 Å². The maximum absolute atomic E-state index is 13.0. The number of amides is 1. The first-order chi connectivity index (χ1) is 17.0.